The van der Waals surface area contributed by atoms with E-state index in [2.05, 4.69) is 18.4 Å². The number of benzene rings is 1. The van der Waals surface area contributed by atoms with Crippen molar-refractivity contribution in [2.75, 3.05) is 52.4 Å². The van der Waals surface area contributed by atoms with Gasteiger partial charge in [-0.1, -0.05) is 39.2 Å². The van der Waals surface area contributed by atoms with Crippen molar-refractivity contribution in [2.45, 2.75) is 141 Å². The highest BCUT2D eigenvalue weighted by Gasteiger charge is 2.56. The quantitative estimate of drug-likeness (QED) is 0.115. The van der Waals surface area contributed by atoms with Crippen molar-refractivity contribution in [2.24, 2.45) is 0 Å². The van der Waals surface area contributed by atoms with Crippen molar-refractivity contribution in [1.29, 1.82) is 0 Å². The molecule has 0 aromatic heterocycles. The van der Waals surface area contributed by atoms with E-state index in [1.54, 1.807) is 16.7 Å². The predicted molar refractivity (Wildman–Crippen MR) is 265 cm³/mol. The minimum Gasteiger partial charge on any atom is -0.481 e. The van der Waals surface area contributed by atoms with Crippen molar-refractivity contribution in [3.05, 3.63) is 47.7 Å². The van der Waals surface area contributed by atoms with E-state index in [0.29, 0.717) is 19.5 Å². The molecule has 4 heterocycles. The minimum absolute atomic E-state index is 0. The van der Waals surface area contributed by atoms with E-state index in [0.717, 1.165) is 41.4 Å². The number of amides is 3. The number of carboxylic acid groups (broad SMARTS) is 4. The van der Waals surface area contributed by atoms with E-state index in [1.807, 2.05) is 17.8 Å². The summed E-state index contributed by atoms with van der Waals surface area (Å²) in [7, 11) is 0. The van der Waals surface area contributed by atoms with Crippen LogP contribution in [0.4, 0.5) is 43.9 Å². The maximum absolute atomic E-state index is 14.2. The normalized spacial score (nSPS) is 21.2. The third-order valence-corrected chi connectivity index (χ3v) is 10.9. The van der Waals surface area contributed by atoms with Gasteiger partial charge in [-0.15, -0.1) is 11.8 Å². The van der Waals surface area contributed by atoms with Gasteiger partial charge in [-0.3, -0.25) is 28.8 Å². The van der Waals surface area contributed by atoms with Crippen molar-refractivity contribution < 1.29 is 97.9 Å². The molecular weight excluding hydrogens is 1060 g/mol. The zero-order valence-electron chi connectivity index (χ0n) is 41.4. The van der Waals surface area contributed by atoms with Gasteiger partial charge in [0, 0.05) is 88.9 Å². The van der Waals surface area contributed by atoms with Gasteiger partial charge in [0.15, 0.2) is 11.3 Å². The average molecular weight is 1120 g/mol. The molecule has 0 saturated heterocycles. The number of allylic oxidation sites excluding steroid dienone is 1. The molecule has 25 heteroatoms. The average Bonchev–Trinajstić information content (AvgIpc) is 3.31. The summed E-state index contributed by atoms with van der Waals surface area (Å²) in [6.07, 6.45) is -0.0724. The first kappa shape index (κ1) is 70.6. The number of nitrogens with zero attached hydrogens (tertiary/aromatic N) is 4. The zero-order valence-corrected chi connectivity index (χ0v) is 41.4. The third-order valence-electron chi connectivity index (χ3n) is 10.9. The molecule has 0 radical (unpaired) electrons. The molecule has 1 aromatic rings. The molecule has 1 aromatic carbocycles. The van der Waals surface area contributed by atoms with Gasteiger partial charge in [0.25, 0.3) is 5.91 Å². The molecule has 4 aliphatic heterocycles. The van der Waals surface area contributed by atoms with Gasteiger partial charge in [0.2, 0.25) is 11.8 Å². The van der Waals surface area contributed by atoms with Gasteiger partial charge < -0.3 is 40.0 Å². The Balaban J connectivity index is 0.00000102. The number of carbonyl (C=O) groups is 7. The summed E-state index contributed by atoms with van der Waals surface area (Å²) in [6.45, 7) is 4.10. The molecule has 432 valence electrons. The smallest absolute Gasteiger partial charge is 0.372 e. The lowest BCUT2D eigenvalue weighted by Crippen LogP contribution is -2.49. The summed E-state index contributed by atoms with van der Waals surface area (Å²) in [5, 5.41) is 34.2. The second-order valence-electron chi connectivity index (χ2n) is 17.8. The van der Waals surface area contributed by atoms with Crippen LogP contribution in [0.2, 0.25) is 0 Å². The third kappa shape index (κ3) is 26.1. The highest BCUT2D eigenvalue weighted by atomic mass is 19.3. The molecule has 15 nitrogen and oxygen atoms in total. The fraction of sp³-hybridized carbons (Fsp3) is 0.566. The van der Waals surface area contributed by atoms with E-state index in [1.165, 1.54) is 30.2 Å². The maximum atomic E-state index is 14.2. The summed E-state index contributed by atoms with van der Waals surface area (Å²) in [4.78, 5) is 82.0. The van der Waals surface area contributed by atoms with Gasteiger partial charge >= 0.3 is 47.6 Å². The predicted octanol–water partition coefficient (Wildman–Crippen LogP) is 8.53. The maximum Gasteiger partial charge on any atom is 0.372 e. The van der Waals surface area contributed by atoms with Gasteiger partial charge in [-0.05, 0) is 68.7 Å². The second kappa shape index (κ2) is 31.1. The van der Waals surface area contributed by atoms with E-state index in [4.69, 9.17) is 20.4 Å². The lowest BCUT2D eigenvalue weighted by molar-refractivity contribution is -0.181. The molecule has 0 fully saturated rings. The number of aliphatic carboxylic acids is 3. The molecule has 3 amide bonds. The van der Waals surface area contributed by atoms with Gasteiger partial charge in [-0.2, -0.15) is 35.1 Å². The number of rotatable bonds is 12. The van der Waals surface area contributed by atoms with E-state index in [9.17, 15) is 77.5 Å². The molecule has 4 aliphatic rings. The Labute approximate surface area is 446 Å². The van der Waals surface area contributed by atoms with Gasteiger partial charge in [-0.25, -0.2) is 13.6 Å². The lowest BCUT2D eigenvalue weighted by Gasteiger charge is -2.33. The van der Waals surface area contributed by atoms with Crippen molar-refractivity contribution in [1.82, 2.24) is 19.6 Å². The molecule has 0 saturated carbocycles. The second-order valence-corrected chi connectivity index (χ2v) is 17.8. The number of carboxylic acids is 4. The van der Waals surface area contributed by atoms with Crippen molar-refractivity contribution in [3.8, 4) is 47.4 Å². The monoisotopic (exact) mass is 1120 g/mol. The van der Waals surface area contributed by atoms with Crippen LogP contribution in [0.25, 0.3) is 0 Å². The fourth-order valence-electron chi connectivity index (χ4n) is 6.78. The molecule has 0 spiro atoms. The summed E-state index contributed by atoms with van der Waals surface area (Å²) < 4.78 is 134. The van der Waals surface area contributed by atoms with E-state index < -0.39 is 110 Å². The van der Waals surface area contributed by atoms with E-state index >= 15 is 0 Å². The molecule has 0 aliphatic carbocycles. The summed E-state index contributed by atoms with van der Waals surface area (Å²) >= 11 is 0. The molecule has 4 N–H and O–H groups in total. The molecule has 0 bridgehead atoms. The molecule has 2 unspecified atom stereocenters. The molecule has 78 heavy (non-hydrogen) atoms. The SMILES string of the molecule is C.C.C=C(CCC(=O)O)N1CCC#CC(F)(F)C(F)(F)C1.CC1(F)C#CC(F)(F)CCN(C(=O)CCC(=O)O)C1.CC1(F)C#CC(F)(F)CCN(C(=O)c2ccc(C(=O)O)cc2)C1.O=C(O)CCC(=O)N1CCC#CCCC1. The largest absolute Gasteiger partial charge is 0.481 e. The topological polar surface area (TPSA) is 213 Å². The standard InChI is InChI=1S/C16H14F3NO3.C12H13F4NO2.C12H14F3NO3.C11H15NO3.2CH4/c1-15(17)6-7-16(18,19)8-9-20(10-15)13(21)11-2-4-12(5-3-11)14(22)23;1-9(4-5-10(18)19)17-7-3-2-6-11(13,14)12(15,16)8-17;1-11(13)4-5-12(14,15)6-7-16(8-11)9(17)2-3-10(18)19;13-10(6-7-11(14)15)12-8-4-2-1-3-5-9-12;;/h2-5H,8-10H2,1H3,(H,22,23);1,3-5,7-8H2,(H,18,19);2-3,6-8H2,1H3,(H,18,19);2,4-9H2,(H,14,15);2*1H4. The first-order valence-corrected chi connectivity index (χ1v) is 23.3. The van der Waals surface area contributed by atoms with Crippen molar-refractivity contribution >= 4 is 41.6 Å². The van der Waals surface area contributed by atoms with Gasteiger partial charge in [0.1, 0.15) is 0 Å². The molecular formula is C53H64F10N4O11. The van der Waals surface area contributed by atoms with Crippen LogP contribution in [0, 0.1) is 47.4 Å². The highest BCUT2D eigenvalue weighted by Crippen LogP contribution is 2.36. The van der Waals surface area contributed by atoms with Crippen LogP contribution in [0.3, 0.4) is 0 Å². The number of hydrogen-bond donors (Lipinski definition) is 4. The van der Waals surface area contributed by atoms with Crippen LogP contribution in [0.15, 0.2) is 36.5 Å². The number of carbonyl (C=O) groups excluding carboxylic acids is 3. The van der Waals surface area contributed by atoms with Gasteiger partial charge in [0.05, 0.1) is 44.5 Å². The Morgan fingerprint density at radius 3 is 1.42 bits per heavy atom. The summed E-state index contributed by atoms with van der Waals surface area (Å²) in [5.74, 6) is -4.98. The van der Waals surface area contributed by atoms with Crippen LogP contribution >= 0.6 is 0 Å². The Hall–Kier alpha value is -7.41. The molecule has 2 atom stereocenters. The van der Waals surface area contributed by atoms with Crippen LogP contribution in [0.5, 0.6) is 0 Å². The number of aromatic carboxylic acids is 1. The molecule has 5 rings (SSSR count). The number of hydrogen-bond acceptors (Lipinski definition) is 8. The van der Waals surface area contributed by atoms with Crippen LogP contribution in [-0.2, 0) is 24.0 Å². The Morgan fingerprint density at radius 1 is 0.500 bits per heavy atom. The van der Waals surface area contributed by atoms with Crippen LogP contribution in [-0.4, -0.2) is 169 Å². The number of alkyl halides is 10. The summed E-state index contributed by atoms with van der Waals surface area (Å²) in [5.41, 5.74) is -4.30. The first-order chi connectivity index (χ1) is 35.1. The Bertz CT molecular complexity index is 2520. The Morgan fingerprint density at radius 2 is 0.923 bits per heavy atom. The first-order valence-electron chi connectivity index (χ1n) is 23.3. The fourth-order valence-corrected chi connectivity index (χ4v) is 6.78. The van der Waals surface area contributed by atoms with Crippen molar-refractivity contribution in [3.63, 3.8) is 0 Å². The minimum atomic E-state index is -4.39. The van der Waals surface area contributed by atoms with Crippen LogP contribution in [0.1, 0.15) is 126 Å². The number of halogens is 10. The Kier molecular flexibility index (Phi) is 28.2. The van der Waals surface area contributed by atoms with Crippen LogP contribution < -0.4 is 0 Å². The highest BCUT2D eigenvalue weighted by molar-refractivity contribution is 5.96. The summed E-state index contributed by atoms with van der Waals surface area (Å²) in [6, 6.07) is 4.99. The lowest BCUT2D eigenvalue weighted by atomic mass is 10.0. The zero-order chi connectivity index (χ0) is 57.7. The van der Waals surface area contributed by atoms with E-state index in [-0.39, 0.29) is 95.7 Å².